The molecular formula is C23H27BN6O2. The van der Waals surface area contributed by atoms with Gasteiger partial charge in [0, 0.05) is 38.3 Å². The molecule has 164 valence electrons. The Balaban J connectivity index is 1.48. The van der Waals surface area contributed by atoms with Crippen molar-refractivity contribution >= 4 is 30.4 Å². The van der Waals surface area contributed by atoms with Gasteiger partial charge in [0.25, 0.3) is 0 Å². The molecule has 0 saturated carbocycles. The van der Waals surface area contributed by atoms with Crippen LogP contribution in [0.15, 0.2) is 35.7 Å². The summed E-state index contributed by atoms with van der Waals surface area (Å²) in [6.07, 6.45) is 5.09. The lowest BCUT2D eigenvalue weighted by Gasteiger charge is -2.24. The molecule has 1 N–H and O–H groups in total. The highest BCUT2D eigenvalue weighted by Crippen LogP contribution is 2.33. The lowest BCUT2D eigenvalue weighted by Crippen LogP contribution is -2.28. The van der Waals surface area contributed by atoms with Crippen molar-refractivity contribution in [3.8, 4) is 17.0 Å². The van der Waals surface area contributed by atoms with Crippen LogP contribution < -0.4 is 20.4 Å². The van der Waals surface area contributed by atoms with E-state index in [1.165, 1.54) is 11.1 Å². The van der Waals surface area contributed by atoms with Gasteiger partial charge in [-0.05, 0) is 48.0 Å². The standard InChI is InChI=1S/C23H27BN6O2/c1-31-18-6-5-14(8-17(18)24)20-21-22(30(13-26-21)19-4-2-3-7-32-19)28-23(27-20)29-11-15-9-25-10-16(15)12-29/h5-6,8,13,19,25H,2-4,7,9-12,24H2,1H3. The van der Waals surface area contributed by atoms with Crippen LogP contribution in [0.25, 0.3) is 22.4 Å². The average Bonchev–Trinajstić information content (AvgIpc) is 3.53. The quantitative estimate of drug-likeness (QED) is 0.492. The minimum atomic E-state index is -0.0205. The molecule has 1 fully saturated rings. The summed E-state index contributed by atoms with van der Waals surface area (Å²) in [7, 11) is 3.75. The number of anilines is 1. The maximum atomic E-state index is 6.07. The Labute approximate surface area is 188 Å². The molecule has 3 aliphatic rings. The van der Waals surface area contributed by atoms with Crippen molar-refractivity contribution in [3.63, 3.8) is 0 Å². The second-order valence-electron chi connectivity index (χ2n) is 8.87. The third-order valence-electron chi connectivity index (χ3n) is 6.77. The number of benzene rings is 1. The van der Waals surface area contributed by atoms with Gasteiger partial charge in [-0.1, -0.05) is 6.07 Å². The predicted molar refractivity (Wildman–Crippen MR) is 126 cm³/mol. The zero-order chi connectivity index (χ0) is 21.7. The summed E-state index contributed by atoms with van der Waals surface area (Å²) in [5, 5.41) is 3.44. The van der Waals surface area contributed by atoms with Crippen molar-refractivity contribution in [3.05, 3.63) is 35.7 Å². The van der Waals surface area contributed by atoms with Gasteiger partial charge >= 0.3 is 0 Å². The van der Waals surface area contributed by atoms with E-state index in [-0.39, 0.29) is 6.23 Å². The van der Waals surface area contributed by atoms with Gasteiger partial charge in [-0.25, -0.2) is 9.97 Å². The fraction of sp³-hybridized carbons (Fsp3) is 0.435. The fourth-order valence-electron chi connectivity index (χ4n) is 5.04. The molecule has 5 heterocycles. The number of ether oxygens (including phenoxy) is 2. The van der Waals surface area contributed by atoms with E-state index in [1.54, 1.807) is 7.11 Å². The Bertz CT molecular complexity index is 1200. The van der Waals surface area contributed by atoms with E-state index in [9.17, 15) is 0 Å². The zero-order valence-corrected chi connectivity index (χ0v) is 18.6. The third kappa shape index (κ3) is 3.27. The molecule has 0 spiro atoms. The van der Waals surface area contributed by atoms with Gasteiger partial charge in [-0.15, -0.1) is 0 Å². The second-order valence-corrected chi connectivity index (χ2v) is 8.87. The molecule has 9 heteroatoms. The number of rotatable bonds is 4. The fourth-order valence-corrected chi connectivity index (χ4v) is 5.04. The smallest absolute Gasteiger partial charge is 0.228 e. The van der Waals surface area contributed by atoms with Crippen LogP contribution in [0.2, 0.25) is 0 Å². The average molecular weight is 430 g/mol. The van der Waals surface area contributed by atoms with Crippen LogP contribution in [0.4, 0.5) is 5.95 Å². The lowest BCUT2D eigenvalue weighted by atomic mass is 9.92. The first-order chi connectivity index (χ1) is 15.7. The van der Waals surface area contributed by atoms with Gasteiger partial charge in [0.15, 0.2) is 5.65 Å². The molecule has 6 rings (SSSR count). The van der Waals surface area contributed by atoms with Gasteiger partial charge in [-0.2, -0.15) is 4.98 Å². The third-order valence-corrected chi connectivity index (χ3v) is 6.77. The summed E-state index contributed by atoms with van der Waals surface area (Å²) in [5.74, 6) is 1.63. The van der Waals surface area contributed by atoms with Crippen LogP contribution in [-0.4, -0.2) is 67.3 Å². The highest BCUT2D eigenvalue weighted by Gasteiger charge is 2.29. The maximum Gasteiger partial charge on any atom is 0.228 e. The first-order valence-electron chi connectivity index (χ1n) is 11.4. The van der Waals surface area contributed by atoms with E-state index in [0.29, 0.717) is 0 Å². The van der Waals surface area contributed by atoms with Gasteiger partial charge in [0.1, 0.15) is 31.0 Å². The number of hydrogen-bond acceptors (Lipinski definition) is 7. The number of nitrogens with one attached hydrogen (secondary N) is 1. The topological polar surface area (TPSA) is 77.3 Å². The van der Waals surface area contributed by atoms with Crippen LogP contribution >= 0.6 is 0 Å². The summed E-state index contributed by atoms with van der Waals surface area (Å²) >= 11 is 0. The molecule has 0 amide bonds. The van der Waals surface area contributed by atoms with Gasteiger partial charge < -0.3 is 19.7 Å². The van der Waals surface area contributed by atoms with Crippen LogP contribution in [0.1, 0.15) is 25.5 Å². The highest BCUT2D eigenvalue weighted by molar-refractivity contribution is 6.34. The molecule has 0 bridgehead atoms. The number of methoxy groups -OCH3 is 1. The summed E-state index contributed by atoms with van der Waals surface area (Å²) in [5.41, 5.74) is 7.55. The van der Waals surface area contributed by atoms with Crippen molar-refractivity contribution in [1.82, 2.24) is 24.8 Å². The van der Waals surface area contributed by atoms with Crippen molar-refractivity contribution in [1.29, 1.82) is 0 Å². The molecule has 32 heavy (non-hydrogen) atoms. The molecule has 0 radical (unpaired) electrons. The van der Waals surface area contributed by atoms with E-state index in [4.69, 9.17) is 24.4 Å². The predicted octanol–water partition coefficient (Wildman–Crippen LogP) is 1.18. The molecule has 0 aliphatic carbocycles. The van der Waals surface area contributed by atoms with Crippen molar-refractivity contribution < 1.29 is 9.47 Å². The van der Waals surface area contributed by atoms with Gasteiger partial charge in [0.05, 0.1) is 13.4 Å². The van der Waals surface area contributed by atoms with E-state index in [2.05, 4.69) is 34.8 Å². The minimum Gasteiger partial charge on any atom is -0.497 e. The minimum absolute atomic E-state index is 0.0205. The Kier molecular flexibility index (Phi) is 4.88. The van der Waals surface area contributed by atoms with Crippen LogP contribution in [0.5, 0.6) is 5.75 Å². The largest absolute Gasteiger partial charge is 0.497 e. The molecule has 3 aromatic rings. The molecule has 8 nitrogen and oxygen atoms in total. The first kappa shape index (κ1) is 19.8. The second kappa shape index (κ2) is 7.90. The molecule has 2 aromatic heterocycles. The molecule has 1 unspecified atom stereocenters. The normalized spacial score (nSPS) is 20.9. The number of nitrogens with zero attached hydrogens (tertiary/aromatic N) is 5. The summed E-state index contributed by atoms with van der Waals surface area (Å²) < 4.78 is 13.6. The van der Waals surface area contributed by atoms with E-state index in [0.717, 1.165) is 91.6 Å². The van der Waals surface area contributed by atoms with Crippen LogP contribution in [0.3, 0.4) is 0 Å². The highest BCUT2D eigenvalue weighted by atomic mass is 16.5. The van der Waals surface area contributed by atoms with Gasteiger partial charge in [-0.3, -0.25) is 4.57 Å². The lowest BCUT2D eigenvalue weighted by molar-refractivity contribution is -0.0298. The Morgan fingerprint density at radius 1 is 1.16 bits per heavy atom. The van der Waals surface area contributed by atoms with Gasteiger partial charge in [0.2, 0.25) is 5.95 Å². The SMILES string of the molecule is Bc1cc(-c2nc(N3CC4=C(CNC4)C3)nc3c2ncn3C2CCCCO2)ccc1OC. The first-order valence-corrected chi connectivity index (χ1v) is 11.4. The van der Waals surface area contributed by atoms with Crippen molar-refractivity contribution in [2.24, 2.45) is 0 Å². The van der Waals surface area contributed by atoms with Crippen molar-refractivity contribution in [2.75, 3.05) is 44.8 Å². The number of hydrogen-bond donors (Lipinski definition) is 1. The van der Waals surface area contributed by atoms with E-state index >= 15 is 0 Å². The zero-order valence-electron chi connectivity index (χ0n) is 18.6. The number of aromatic nitrogens is 4. The Morgan fingerprint density at radius 3 is 2.72 bits per heavy atom. The van der Waals surface area contributed by atoms with Crippen molar-refractivity contribution in [2.45, 2.75) is 25.5 Å². The monoisotopic (exact) mass is 430 g/mol. The number of fused-ring (bicyclic) bond motifs is 1. The molecule has 3 aliphatic heterocycles. The summed E-state index contributed by atoms with van der Waals surface area (Å²) in [6.45, 7) is 4.47. The summed E-state index contributed by atoms with van der Waals surface area (Å²) in [6, 6.07) is 6.17. The molecule has 1 aromatic carbocycles. The van der Waals surface area contributed by atoms with Crippen LogP contribution in [-0.2, 0) is 4.74 Å². The van der Waals surface area contributed by atoms with E-state index < -0.39 is 0 Å². The number of imidazole rings is 1. The Morgan fingerprint density at radius 2 is 2.00 bits per heavy atom. The van der Waals surface area contributed by atoms with Crippen LogP contribution in [0, 0.1) is 0 Å². The summed E-state index contributed by atoms with van der Waals surface area (Å²) in [4.78, 5) is 17.1. The molecule has 1 atom stereocenters. The van der Waals surface area contributed by atoms with E-state index in [1.807, 2.05) is 12.4 Å². The molecular weight excluding hydrogens is 403 g/mol. The molecule has 1 saturated heterocycles. The maximum absolute atomic E-state index is 6.07. The Hall–Kier alpha value is -2.91.